The highest BCUT2D eigenvalue weighted by Gasteiger charge is 2.19. The molecule has 0 aliphatic carbocycles. The van der Waals surface area contributed by atoms with Crippen molar-refractivity contribution in [2.24, 2.45) is 5.73 Å². The Labute approximate surface area is 89.2 Å². The molecule has 15 heavy (non-hydrogen) atoms. The predicted octanol–water partition coefficient (Wildman–Crippen LogP) is 0.191. The maximum Gasteiger partial charge on any atom is 0.320 e. The summed E-state index contributed by atoms with van der Waals surface area (Å²) >= 11 is 0. The third-order valence-electron chi connectivity index (χ3n) is 2.70. The van der Waals surface area contributed by atoms with Crippen molar-refractivity contribution in [3.05, 3.63) is 0 Å². The SMILES string of the molecule is N[C@@H](CCC(=O)N1CCCCC1)C(=O)O. The lowest BCUT2D eigenvalue weighted by atomic mass is 10.1. The van der Waals surface area contributed by atoms with E-state index in [1.807, 2.05) is 0 Å². The molecule has 1 saturated heterocycles. The van der Waals surface area contributed by atoms with E-state index in [9.17, 15) is 9.59 Å². The van der Waals surface area contributed by atoms with Gasteiger partial charge in [-0.15, -0.1) is 0 Å². The van der Waals surface area contributed by atoms with Crippen molar-refractivity contribution in [2.45, 2.75) is 38.1 Å². The quantitative estimate of drug-likeness (QED) is 0.699. The zero-order chi connectivity index (χ0) is 11.3. The summed E-state index contributed by atoms with van der Waals surface area (Å²) in [5.74, 6) is -1.01. The molecule has 1 aliphatic rings. The third-order valence-corrected chi connectivity index (χ3v) is 2.70. The Kier molecular flexibility index (Phi) is 4.55. The third kappa shape index (κ3) is 3.87. The normalized spacial score (nSPS) is 18.6. The van der Waals surface area contributed by atoms with Crippen LogP contribution in [0.2, 0.25) is 0 Å². The first-order valence-electron chi connectivity index (χ1n) is 5.37. The molecule has 1 rings (SSSR count). The number of piperidine rings is 1. The van der Waals surface area contributed by atoms with Gasteiger partial charge in [0, 0.05) is 19.5 Å². The zero-order valence-corrected chi connectivity index (χ0v) is 8.82. The van der Waals surface area contributed by atoms with Gasteiger partial charge in [-0.25, -0.2) is 0 Å². The summed E-state index contributed by atoms with van der Waals surface area (Å²) in [6.07, 6.45) is 3.75. The average Bonchev–Trinajstić information content (AvgIpc) is 2.26. The molecule has 5 heteroatoms. The zero-order valence-electron chi connectivity index (χ0n) is 8.82. The van der Waals surface area contributed by atoms with E-state index in [4.69, 9.17) is 10.8 Å². The van der Waals surface area contributed by atoms with E-state index >= 15 is 0 Å². The van der Waals surface area contributed by atoms with Crippen molar-refractivity contribution in [1.82, 2.24) is 4.90 Å². The average molecular weight is 214 g/mol. The number of aliphatic carboxylic acids is 1. The molecule has 1 amide bonds. The molecular weight excluding hydrogens is 196 g/mol. The summed E-state index contributed by atoms with van der Waals surface area (Å²) in [5.41, 5.74) is 5.32. The topological polar surface area (TPSA) is 83.6 Å². The fraction of sp³-hybridized carbons (Fsp3) is 0.800. The molecule has 5 nitrogen and oxygen atoms in total. The van der Waals surface area contributed by atoms with Crippen molar-refractivity contribution >= 4 is 11.9 Å². The summed E-state index contributed by atoms with van der Waals surface area (Å²) in [5, 5.41) is 8.56. The Bertz CT molecular complexity index is 237. The molecular formula is C10H18N2O3. The molecule has 0 spiro atoms. The van der Waals surface area contributed by atoms with Crippen LogP contribution in [0.25, 0.3) is 0 Å². The standard InChI is InChI=1S/C10H18N2O3/c11-8(10(14)15)4-5-9(13)12-6-2-1-3-7-12/h8H,1-7,11H2,(H,14,15)/t8-/m0/s1. The molecule has 1 fully saturated rings. The van der Waals surface area contributed by atoms with Crippen LogP contribution in [-0.4, -0.2) is 41.0 Å². The Morgan fingerprint density at radius 1 is 1.27 bits per heavy atom. The van der Waals surface area contributed by atoms with Crippen LogP contribution < -0.4 is 5.73 Å². The second kappa shape index (κ2) is 5.70. The highest BCUT2D eigenvalue weighted by Crippen LogP contribution is 2.10. The number of hydrogen-bond acceptors (Lipinski definition) is 3. The number of nitrogens with zero attached hydrogens (tertiary/aromatic N) is 1. The van der Waals surface area contributed by atoms with E-state index in [-0.39, 0.29) is 18.7 Å². The number of amides is 1. The fourth-order valence-corrected chi connectivity index (χ4v) is 1.70. The Morgan fingerprint density at radius 3 is 2.40 bits per heavy atom. The first-order chi connectivity index (χ1) is 7.11. The lowest BCUT2D eigenvalue weighted by molar-refractivity contribution is -0.139. The van der Waals surface area contributed by atoms with Crippen LogP contribution in [0.4, 0.5) is 0 Å². The van der Waals surface area contributed by atoms with Gasteiger partial charge in [0.25, 0.3) is 0 Å². The van der Waals surface area contributed by atoms with Crippen molar-refractivity contribution < 1.29 is 14.7 Å². The second-order valence-electron chi connectivity index (χ2n) is 3.92. The minimum absolute atomic E-state index is 0.0337. The van der Waals surface area contributed by atoms with Gasteiger partial charge in [0.05, 0.1) is 0 Å². The first-order valence-corrected chi connectivity index (χ1v) is 5.37. The Morgan fingerprint density at radius 2 is 1.87 bits per heavy atom. The highest BCUT2D eigenvalue weighted by atomic mass is 16.4. The van der Waals surface area contributed by atoms with E-state index in [1.54, 1.807) is 4.90 Å². The van der Waals surface area contributed by atoms with Gasteiger partial charge in [-0.05, 0) is 25.7 Å². The lowest BCUT2D eigenvalue weighted by Gasteiger charge is -2.26. The van der Waals surface area contributed by atoms with Gasteiger partial charge in [0.1, 0.15) is 6.04 Å². The van der Waals surface area contributed by atoms with Gasteiger partial charge >= 0.3 is 5.97 Å². The van der Waals surface area contributed by atoms with Gasteiger partial charge < -0.3 is 15.7 Å². The maximum absolute atomic E-state index is 11.6. The van der Waals surface area contributed by atoms with Crippen LogP contribution in [0.15, 0.2) is 0 Å². The van der Waals surface area contributed by atoms with E-state index in [0.717, 1.165) is 25.9 Å². The summed E-state index contributed by atoms with van der Waals surface area (Å²) in [6.45, 7) is 1.61. The van der Waals surface area contributed by atoms with E-state index in [0.29, 0.717) is 0 Å². The molecule has 0 aromatic rings. The van der Waals surface area contributed by atoms with Crippen molar-refractivity contribution in [2.75, 3.05) is 13.1 Å². The number of carbonyl (C=O) groups is 2. The van der Waals surface area contributed by atoms with Gasteiger partial charge in [-0.2, -0.15) is 0 Å². The van der Waals surface area contributed by atoms with Crippen molar-refractivity contribution in [3.8, 4) is 0 Å². The number of likely N-dealkylation sites (tertiary alicyclic amines) is 1. The van der Waals surface area contributed by atoms with E-state index < -0.39 is 12.0 Å². The number of carboxylic acids is 1. The predicted molar refractivity (Wildman–Crippen MR) is 55.3 cm³/mol. The van der Waals surface area contributed by atoms with Gasteiger partial charge in [0.2, 0.25) is 5.91 Å². The molecule has 1 atom stereocenters. The fourth-order valence-electron chi connectivity index (χ4n) is 1.70. The van der Waals surface area contributed by atoms with Gasteiger partial charge in [-0.3, -0.25) is 9.59 Å². The first kappa shape index (κ1) is 12.0. The van der Waals surface area contributed by atoms with E-state index in [1.165, 1.54) is 6.42 Å². The lowest BCUT2D eigenvalue weighted by Crippen LogP contribution is -2.37. The summed E-state index contributed by atoms with van der Waals surface area (Å²) in [6, 6.07) is -0.918. The number of carboxylic acid groups (broad SMARTS) is 1. The molecule has 0 radical (unpaired) electrons. The molecule has 1 aliphatic heterocycles. The maximum atomic E-state index is 11.6. The van der Waals surface area contributed by atoms with Crippen LogP contribution in [0, 0.1) is 0 Å². The number of hydrogen-bond donors (Lipinski definition) is 2. The number of carbonyl (C=O) groups excluding carboxylic acids is 1. The largest absolute Gasteiger partial charge is 0.480 e. The van der Waals surface area contributed by atoms with Crippen LogP contribution >= 0.6 is 0 Å². The van der Waals surface area contributed by atoms with Crippen LogP contribution in [-0.2, 0) is 9.59 Å². The van der Waals surface area contributed by atoms with Gasteiger partial charge in [-0.1, -0.05) is 0 Å². The second-order valence-corrected chi connectivity index (χ2v) is 3.92. The number of rotatable bonds is 4. The Hall–Kier alpha value is -1.10. The molecule has 86 valence electrons. The molecule has 3 N–H and O–H groups in total. The molecule has 1 heterocycles. The summed E-state index contributed by atoms with van der Waals surface area (Å²) < 4.78 is 0. The Balaban J connectivity index is 2.25. The van der Waals surface area contributed by atoms with Gasteiger partial charge in [0.15, 0.2) is 0 Å². The summed E-state index contributed by atoms with van der Waals surface area (Å²) in [4.78, 5) is 23.8. The molecule has 0 aromatic heterocycles. The number of nitrogens with two attached hydrogens (primary N) is 1. The van der Waals surface area contributed by atoms with E-state index in [2.05, 4.69) is 0 Å². The monoisotopic (exact) mass is 214 g/mol. The van der Waals surface area contributed by atoms with Crippen molar-refractivity contribution in [3.63, 3.8) is 0 Å². The van der Waals surface area contributed by atoms with Crippen LogP contribution in [0.3, 0.4) is 0 Å². The molecule has 0 unspecified atom stereocenters. The highest BCUT2D eigenvalue weighted by molar-refractivity contribution is 5.78. The van der Waals surface area contributed by atoms with Crippen molar-refractivity contribution in [1.29, 1.82) is 0 Å². The minimum Gasteiger partial charge on any atom is -0.480 e. The van der Waals surface area contributed by atoms with Crippen LogP contribution in [0.1, 0.15) is 32.1 Å². The summed E-state index contributed by atoms with van der Waals surface area (Å²) in [7, 11) is 0. The molecule has 0 bridgehead atoms. The molecule has 0 saturated carbocycles. The minimum atomic E-state index is -1.04. The smallest absolute Gasteiger partial charge is 0.320 e. The molecule has 0 aromatic carbocycles. The van der Waals surface area contributed by atoms with Crippen LogP contribution in [0.5, 0.6) is 0 Å².